The lowest BCUT2D eigenvalue weighted by Crippen LogP contribution is -2.37. The van der Waals surface area contributed by atoms with Gasteiger partial charge in [-0.3, -0.25) is 0 Å². The maximum absolute atomic E-state index is 2.46. The van der Waals surface area contributed by atoms with Crippen LogP contribution in [0, 0.1) is 0 Å². The third kappa shape index (κ3) is 6.24. The van der Waals surface area contributed by atoms with E-state index in [0.717, 1.165) is 34.1 Å². The van der Waals surface area contributed by atoms with Crippen LogP contribution in [-0.4, -0.2) is 0 Å². The van der Waals surface area contributed by atoms with Gasteiger partial charge in [0.1, 0.15) is 0 Å². The van der Waals surface area contributed by atoms with E-state index in [0.29, 0.717) is 0 Å². The minimum absolute atomic E-state index is 0.573. The number of benzene rings is 10. The van der Waals surface area contributed by atoms with Crippen LogP contribution in [0.1, 0.15) is 22.3 Å². The molecule has 1 aliphatic heterocycles. The Hall–Kier alpha value is -7.98. The first-order valence-corrected chi connectivity index (χ1v) is 22.7. The lowest BCUT2D eigenvalue weighted by molar-refractivity contribution is 0.732. The average Bonchev–Trinajstić information content (AvgIpc) is 3.75. The smallest absolute Gasteiger partial charge is 0.0742 e. The number of hydrogen-bond acceptors (Lipinski definition) is 3. The lowest BCUT2D eigenvalue weighted by atomic mass is 9.62. The topological polar surface area (TPSA) is 6.48 Å². The Morgan fingerprint density at radius 1 is 0.328 bits per heavy atom. The Bertz CT molecular complexity index is 3280. The lowest BCUT2D eigenvalue weighted by Gasteiger charge is -2.46. The molecule has 1 aromatic heterocycles. The number of fused-ring (bicyclic) bond motifs is 5. The van der Waals surface area contributed by atoms with Crippen LogP contribution in [0.4, 0.5) is 34.1 Å². The van der Waals surface area contributed by atoms with Crippen molar-refractivity contribution in [3.05, 3.63) is 277 Å². The fourth-order valence-corrected chi connectivity index (χ4v) is 11.1. The van der Waals surface area contributed by atoms with Gasteiger partial charge in [-0.05, 0) is 123 Å². The van der Waals surface area contributed by atoms with E-state index in [4.69, 9.17) is 0 Å². The SMILES string of the molecule is c1ccc(-c2ccc(N(c3ccc(-c4ccccc4)cc3)c3ccc(N4c5ccccc5C(c5ccccc5)(c5ccc6sc7ccccc7c6c5)c5ccccc54)cc3)cc2)cc1. The largest absolute Gasteiger partial charge is 0.311 e. The molecule has 302 valence electrons. The normalized spacial score (nSPS) is 12.8. The van der Waals surface area contributed by atoms with Crippen LogP contribution >= 0.6 is 11.3 Å². The molecule has 0 N–H and O–H groups in total. The van der Waals surface area contributed by atoms with Crippen LogP contribution < -0.4 is 9.80 Å². The molecule has 0 amide bonds. The van der Waals surface area contributed by atoms with E-state index in [9.17, 15) is 0 Å². The fourth-order valence-electron chi connectivity index (χ4n) is 10.0. The van der Waals surface area contributed by atoms with Crippen LogP contribution in [-0.2, 0) is 5.41 Å². The van der Waals surface area contributed by atoms with Crippen LogP contribution in [0.15, 0.2) is 255 Å². The molecule has 64 heavy (non-hydrogen) atoms. The van der Waals surface area contributed by atoms with Crippen molar-refractivity contribution >= 4 is 65.6 Å². The monoisotopic (exact) mass is 834 g/mol. The summed E-state index contributed by atoms with van der Waals surface area (Å²) in [7, 11) is 0. The van der Waals surface area contributed by atoms with Crippen molar-refractivity contribution in [2.24, 2.45) is 0 Å². The van der Waals surface area contributed by atoms with E-state index in [1.165, 1.54) is 64.7 Å². The number of anilines is 6. The zero-order valence-electron chi connectivity index (χ0n) is 35.1. The second-order valence-electron chi connectivity index (χ2n) is 16.5. The molecule has 0 unspecified atom stereocenters. The molecule has 0 aliphatic carbocycles. The van der Waals surface area contributed by atoms with Crippen molar-refractivity contribution in [2.45, 2.75) is 5.41 Å². The zero-order valence-corrected chi connectivity index (χ0v) is 35.9. The molecule has 3 heteroatoms. The van der Waals surface area contributed by atoms with Gasteiger partial charge in [-0.2, -0.15) is 0 Å². The zero-order chi connectivity index (χ0) is 42.5. The van der Waals surface area contributed by atoms with E-state index < -0.39 is 5.41 Å². The summed E-state index contributed by atoms with van der Waals surface area (Å²) in [5.41, 5.74) is 15.9. The molecule has 2 heterocycles. The Balaban J connectivity index is 0.997. The Morgan fingerprint density at radius 2 is 0.766 bits per heavy atom. The van der Waals surface area contributed by atoms with Gasteiger partial charge >= 0.3 is 0 Å². The number of thiophene rings is 1. The van der Waals surface area contributed by atoms with Crippen molar-refractivity contribution < 1.29 is 0 Å². The van der Waals surface area contributed by atoms with Gasteiger partial charge in [-0.1, -0.05) is 176 Å². The second kappa shape index (κ2) is 15.7. The Kier molecular flexibility index (Phi) is 9.28. The van der Waals surface area contributed by atoms with Gasteiger partial charge in [0.05, 0.1) is 16.8 Å². The number of para-hydroxylation sites is 2. The molecular formula is C61H42N2S. The summed E-state index contributed by atoms with van der Waals surface area (Å²) in [4.78, 5) is 4.82. The summed E-state index contributed by atoms with van der Waals surface area (Å²) >= 11 is 1.87. The maximum atomic E-state index is 2.46. The maximum Gasteiger partial charge on any atom is 0.0742 e. The summed E-state index contributed by atoms with van der Waals surface area (Å²) in [6, 6.07) is 93.2. The van der Waals surface area contributed by atoms with E-state index in [1.54, 1.807) is 0 Å². The predicted octanol–water partition coefficient (Wildman–Crippen LogP) is 17.0. The molecule has 1 aliphatic rings. The molecule has 0 atom stereocenters. The van der Waals surface area contributed by atoms with Gasteiger partial charge in [-0.15, -0.1) is 11.3 Å². The molecule has 12 rings (SSSR count). The average molecular weight is 835 g/mol. The second-order valence-corrected chi connectivity index (χ2v) is 17.6. The van der Waals surface area contributed by atoms with Crippen LogP contribution in [0.5, 0.6) is 0 Å². The van der Waals surface area contributed by atoms with Gasteiger partial charge in [-0.25, -0.2) is 0 Å². The van der Waals surface area contributed by atoms with Crippen molar-refractivity contribution in [1.82, 2.24) is 0 Å². The molecular weight excluding hydrogens is 793 g/mol. The van der Waals surface area contributed by atoms with Gasteiger partial charge in [0.25, 0.3) is 0 Å². The number of nitrogens with zero attached hydrogens (tertiary/aromatic N) is 2. The third-order valence-electron chi connectivity index (χ3n) is 12.9. The molecule has 0 saturated heterocycles. The van der Waals surface area contributed by atoms with Crippen molar-refractivity contribution in [2.75, 3.05) is 9.80 Å². The minimum atomic E-state index is -0.573. The van der Waals surface area contributed by atoms with E-state index in [1.807, 2.05) is 11.3 Å². The molecule has 2 nitrogen and oxygen atoms in total. The highest BCUT2D eigenvalue weighted by Gasteiger charge is 2.46. The molecule has 0 bridgehead atoms. The summed E-state index contributed by atoms with van der Waals surface area (Å²) in [6.07, 6.45) is 0. The molecule has 0 spiro atoms. The van der Waals surface area contributed by atoms with Crippen LogP contribution in [0.2, 0.25) is 0 Å². The van der Waals surface area contributed by atoms with Gasteiger partial charge in [0.15, 0.2) is 0 Å². The van der Waals surface area contributed by atoms with Crippen molar-refractivity contribution in [1.29, 1.82) is 0 Å². The Labute approximate surface area is 378 Å². The number of hydrogen-bond donors (Lipinski definition) is 0. The number of rotatable bonds is 8. The van der Waals surface area contributed by atoms with Crippen molar-refractivity contribution in [3.8, 4) is 22.3 Å². The summed E-state index contributed by atoms with van der Waals surface area (Å²) in [5.74, 6) is 0. The highest BCUT2D eigenvalue weighted by Crippen LogP contribution is 2.58. The highest BCUT2D eigenvalue weighted by molar-refractivity contribution is 7.25. The minimum Gasteiger partial charge on any atom is -0.311 e. The molecule has 0 saturated carbocycles. The molecule has 0 radical (unpaired) electrons. The highest BCUT2D eigenvalue weighted by atomic mass is 32.1. The van der Waals surface area contributed by atoms with Gasteiger partial charge in [0.2, 0.25) is 0 Å². The quantitative estimate of drug-likeness (QED) is 0.150. The predicted molar refractivity (Wildman–Crippen MR) is 271 cm³/mol. The third-order valence-corrected chi connectivity index (χ3v) is 14.1. The standard InChI is InChI=1S/C61H42N2S/c1-4-16-43(17-5-1)45-28-33-49(34-29-45)62(50-35-30-46(31-36-50)44-18-6-2-7-19-44)51-37-39-52(40-38-51)63-57-25-13-11-23-55(57)61(47-20-8-3-9-21-47,56-24-12-14-26-58(56)63)48-32-41-60-54(42-48)53-22-10-15-27-59(53)64-60/h1-42H. The summed E-state index contributed by atoms with van der Waals surface area (Å²) < 4.78 is 2.62. The molecule has 10 aromatic carbocycles. The summed E-state index contributed by atoms with van der Waals surface area (Å²) in [6.45, 7) is 0. The molecule has 11 aromatic rings. The van der Waals surface area contributed by atoms with E-state index >= 15 is 0 Å². The Morgan fingerprint density at radius 3 is 1.33 bits per heavy atom. The van der Waals surface area contributed by atoms with E-state index in [2.05, 4.69) is 265 Å². The first kappa shape index (κ1) is 37.8. The fraction of sp³-hybridized carbons (Fsp3) is 0.0164. The molecule has 0 fully saturated rings. The van der Waals surface area contributed by atoms with E-state index in [-0.39, 0.29) is 0 Å². The van der Waals surface area contributed by atoms with Crippen LogP contribution in [0.25, 0.3) is 42.4 Å². The summed E-state index contributed by atoms with van der Waals surface area (Å²) in [5, 5.41) is 2.61. The van der Waals surface area contributed by atoms with Gasteiger partial charge < -0.3 is 9.80 Å². The van der Waals surface area contributed by atoms with Crippen LogP contribution in [0.3, 0.4) is 0 Å². The van der Waals surface area contributed by atoms with Crippen molar-refractivity contribution in [3.63, 3.8) is 0 Å². The first-order chi connectivity index (χ1) is 31.7. The van der Waals surface area contributed by atoms with Gasteiger partial charge in [0, 0.05) is 42.9 Å². The first-order valence-electron chi connectivity index (χ1n) is 21.9.